The summed E-state index contributed by atoms with van der Waals surface area (Å²) >= 11 is 0. The minimum Gasteiger partial charge on any atom is -0.569 e. The van der Waals surface area contributed by atoms with E-state index >= 15 is 0 Å². The van der Waals surface area contributed by atoms with E-state index in [4.69, 9.17) is 23.8 Å². The molecule has 2 fully saturated rings. The van der Waals surface area contributed by atoms with Crippen molar-refractivity contribution >= 4 is 17.9 Å². The monoisotopic (exact) mass is 419 g/mol. The molecule has 164 valence electrons. The van der Waals surface area contributed by atoms with Gasteiger partial charge in [-0.1, -0.05) is 0 Å². The van der Waals surface area contributed by atoms with Gasteiger partial charge >= 0.3 is 17.9 Å². The summed E-state index contributed by atoms with van der Waals surface area (Å²) in [4.78, 5) is 39.4. The van der Waals surface area contributed by atoms with E-state index in [2.05, 4.69) is 5.28 Å². The molecule has 2 saturated heterocycles. The molecule has 0 saturated carbocycles. The summed E-state index contributed by atoms with van der Waals surface area (Å²) < 4.78 is 20.6. The van der Waals surface area contributed by atoms with Gasteiger partial charge in [0, 0.05) is 20.8 Å². The van der Waals surface area contributed by atoms with Gasteiger partial charge in [-0.3, -0.25) is 14.4 Å². The summed E-state index contributed by atoms with van der Waals surface area (Å²) in [6, 6.07) is 0. The van der Waals surface area contributed by atoms with Crippen molar-refractivity contribution in [3.8, 4) is 0 Å². The van der Waals surface area contributed by atoms with Crippen molar-refractivity contribution in [2.45, 2.75) is 64.3 Å². The number of aliphatic hydroxyl groups is 1. The molecule has 2 rings (SSSR count). The van der Waals surface area contributed by atoms with Crippen molar-refractivity contribution in [2.24, 2.45) is 5.28 Å². The minimum absolute atomic E-state index is 0.239. The Morgan fingerprint density at radius 1 is 1.10 bits per heavy atom. The number of ether oxygens (including phenoxy) is 4. The predicted molar refractivity (Wildman–Crippen MR) is 90.4 cm³/mol. The van der Waals surface area contributed by atoms with Crippen LogP contribution in [0.15, 0.2) is 5.28 Å². The molecule has 1 N–H and O–H groups in total. The number of carbonyl (C=O) groups is 3. The molecular weight excluding hydrogens is 394 g/mol. The lowest BCUT2D eigenvalue weighted by Gasteiger charge is -2.41. The maximum absolute atomic E-state index is 11.9. The number of hydrazine groups is 1. The van der Waals surface area contributed by atoms with Gasteiger partial charge in [-0.2, -0.15) is 0 Å². The van der Waals surface area contributed by atoms with Gasteiger partial charge in [-0.25, -0.2) is 0 Å². The second kappa shape index (κ2) is 10.2. The fourth-order valence-electron chi connectivity index (χ4n) is 2.98. The van der Waals surface area contributed by atoms with Crippen LogP contribution < -0.4 is 0 Å². The molecule has 2 aliphatic rings. The van der Waals surface area contributed by atoms with E-state index in [9.17, 15) is 24.7 Å². The molecule has 2 aliphatic heterocycles. The van der Waals surface area contributed by atoms with Crippen LogP contribution in [0.5, 0.6) is 0 Å². The Hall–Kier alpha value is -2.67. The number of hydrogen-bond acceptors (Lipinski definition) is 11. The zero-order valence-corrected chi connectivity index (χ0v) is 16.4. The number of rotatable bonds is 7. The summed E-state index contributed by atoms with van der Waals surface area (Å²) in [5.74, 6) is -2.13. The first kappa shape index (κ1) is 22.6. The normalized spacial score (nSPS) is 29.9. The zero-order valence-electron chi connectivity index (χ0n) is 16.4. The molecule has 0 aliphatic carbocycles. The second-order valence-corrected chi connectivity index (χ2v) is 6.58. The van der Waals surface area contributed by atoms with Gasteiger partial charge < -0.3 is 34.1 Å². The Bertz CT molecular complexity index is 636. The van der Waals surface area contributed by atoms with Crippen LogP contribution in [0, 0.1) is 5.21 Å². The third-order valence-corrected chi connectivity index (χ3v) is 4.21. The van der Waals surface area contributed by atoms with Crippen LogP contribution in [-0.2, 0) is 38.2 Å². The summed E-state index contributed by atoms with van der Waals surface area (Å²) in [6.45, 7) is 4.00. The molecule has 5 atom stereocenters. The number of hydrogen-bond donors (Lipinski definition) is 1. The molecular formula is C16H25N3O10. The topological polar surface area (TPSA) is 159 Å². The fraction of sp³-hybridized carbons (Fsp3) is 0.812. The first-order valence-corrected chi connectivity index (χ1v) is 9.09. The lowest BCUT2D eigenvalue weighted by Crippen LogP contribution is -2.61. The molecule has 29 heavy (non-hydrogen) atoms. The smallest absolute Gasteiger partial charge is 0.303 e. The van der Waals surface area contributed by atoms with Crippen LogP contribution in [0.1, 0.15) is 33.6 Å². The quantitative estimate of drug-likeness (QED) is 0.185. The van der Waals surface area contributed by atoms with Gasteiger partial charge in [0.15, 0.2) is 18.3 Å². The predicted octanol–water partition coefficient (Wildman–Crippen LogP) is -0.596. The highest BCUT2D eigenvalue weighted by atomic mass is 16.8. The Kier molecular flexibility index (Phi) is 7.96. The van der Waals surface area contributed by atoms with E-state index in [-0.39, 0.29) is 11.6 Å². The van der Waals surface area contributed by atoms with Crippen LogP contribution in [0.3, 0.4) is 0 Å². The third-order valence-electron chi connectivity index (χ3n) is 4.21. The number of aliphatic hydroxyl groups excluding tert-OH is 1. The van der Waals surface area contributed by atoms with E-state index in [0.29, 0.717) is 13.1 Å². The van der Waals surface area contributed by atoms with Crippen LogP contribution in [0.25, 0.3) is 0 Å². The second-order valence-electron chi connectivity index (χ2n) is 6.58. The van der Waals surface area contributed by atoms with Crippen LogP contribution in [0.2, 0.25) is 0 Å². The average molecular weight is 419 g/mol. The molecule has 0 bridgehead atoms. The molecule has 13 nitrogen and oxygen atoms in total. The summed E-state index contributed by atoms with van der Waals surface area (Å²) in [7, 11) is 0. The Morgan fingerprint density at radius 2 is 1.69 bits per heavy atom. The standard InChI is InChI=1S/C16H25N3O10/c1-9(20)25-8-12-14(26-10(2)21)15(27-11(3)22)13(23)16(28-12)29-17-19(24)18-6-4-5-7-18/h12-16,23H,4-8H2,1-3H3/b19-17-/t12-,13+,14-,15-,16+/m1/s1. The third kappa shape index (κ3) is 6.42. The fourth-order valence-corrected chi connectivity index (χ4v) is 2.98. The highest BCUT2D eigenvalue weighted by Crippen LogP contribution is 2.28. The maximum Gasteiger partial charge on any atom is 0.303 e. The largest absolute Gasteiger partial charge is 0.569 e. The highest BCUT2D eigenvalue weighted by molar-refractivity contribution is 5.67. The van der Waals surface area contributed by atoms with Gasteiger partial charge in [0.1, 0.15) is 12.7 Å². The lowest BCUT2D eigenvalue weighted by molar-refractivity contribution is -0.710. The molecule has 0 aromatic heterocycles. The van der Waals surface area contributed by atoms with Gasteiger partial charge in [0.25, 0.3) is 6.29 Å². The van der Waals surface area contributed by atoms with Crippen LogP contribution in [-0.4, -0.2) is 83.4 Å². The molecule has 0 unspecified atom stereocenters. The van der Waals surface area contributed by atoms with Gasteiger partial charge in [-0.15, -0.1) is 5.01 Å². The van der Waals surface area contributed by atoms with Gasteiger partial charge in [-0.05, 0) is 12.8 Å². The van der Waals surface area contributed by atoms with E-state index in [1.54, 1.807) is 0 Å². The van der Waals surface area contributed by atoms with E-state index in [1.165, 1.54) is 5.01 Å². The molecule has 0 radical (unpaired) electrons. The molecule has 0 aromatic rings. The first-order chi connectivity index (χ1) is 13.7. The van der Waals surface area contributed by atoms with Crippen molar-refractivity contribution < 1.29 is 48.2 Å². The number of esters is 3. The Morgan fingerprint density at radius 3 is 2.24 bits per heavy atom. The van der Waals surface area contributed by atoms with E-state index in [1.807, 2.05) is 0 Å². The maximum atomic E-state index is 11.9. The number of nitrogens with zero attached hydrogens (tertiary/aromatic N) is 3. The number of carbonyl (C=O) groups excluding carboxylic acids is 3. The lowest BCUT2D eigenvalue weighted by atomic mass is 9.98. The molecule has 0 aromatic carbocycles. The Labute approximate surface area is 166 Å². The van der Waals surface area contributed by atoms with Crippen molar-refractivity contribution in [1.29, 1.82) is 0 Å². The van der Waals surface area contributed by atoms with E-state index < -0.39 is 48.6 Å². The SMILES string of the molecule is CC(=O)OC[C@H]1O[C@@H](O/N=[N+](\[O-])N2CCCC2)[C@@H](O)[C@@H](OC(C)=O)[C@@H]1OC(C)=O. The molecule has 2 heterocycles. The highest BCUT2D eigenvalue weighted by Gasteiger charge is 2.51. The van der Waals surface area contributed by atoms with Crippen molar-refractivity contribution in [3.63, 3.8) is 0 Å². The molecule has 13 heteroatoms. The summed E-state index contributed by atoms with van der Waals surface area (Å²) in [5.41, 5.74) is 0. The molecule has 0 amide bonds. The van der Waals surface area contributed by atoms with Crippen molar-refractivity contribution in [1.82, 2.24) is 5.01 Å². The molecule has 0 spiro atoms. The van der Waals surface area contributed by atoms with Crippen LogP contribution >= 0.6 is 0 Å². The van der Waals surface area contributed by atoms with Gasteiger partial charge in [0.05, 0.1) is 18.1 Å². The minimum atomic E-state index is -1.65. The zero-order chi connectivity index (χ0) is 21.6. The van der Waals surface area contributed by atoms with E-state index in [0.717, 1.165) is 33.6 Å². The average Bonchev–Trinajstić information content (AvgIpc) is 3.17. The van der Waals surface area contributed by atoms with Crippen molar-refractivity contribution in [3.05, 3.63) is 5.21 Å². The summed E-state index contributed by atoms with van der Waals surface area (Å²) in [5, 5.41) is 27.2. The Balaban J connectivity index is 2.20. The van der Waals surface area contributed by atoms with Crippen molar-refractivity contribution in [2.75, 3.05) is 19.7 Å². The first-order valence-electron chi connectivity index (χ1n) is 9.09. The summed E-state index contributed by atoms with van der Waals surface area (Å²) in [6.07, 6.45) is -5.37. The van der Waals surface area contributed by atoms with Crippen LogP contribution in [0.4, 0.5) is 0 Å². The van der Waals surface area contributed by atoms with Gasteiger partial charge in [0.2, 0.25) is 5.28 Å².